The molecule has 0 radical (unpaired) electrons. The van der Waals surface area contributed by atoms with Gasteiger partial charge in [-0.3, -0.25) is 5.32 Å². The number of pyridine rings is 1. The van der Waals surface area contributed by atoms with Crippen molar-refractivity contribution in [3.63, 3.8) is 0 Å². The maximum atomic E-state index is 12.3. The normalized spacial score (nSPS) is 12.0. The van der Waals surface area contributed by atoms with Crippen molar-refractivity contribution in [3.8, 4) is 11.5 Å². The Labute approximate surface area is 153 Å². The summed E-state index contributed by atoms with van der Waals surface area (Å²) < 4.78 is 15.8. The van der Waals surface area contributed by atoms with Crippen molar-refractivity contribution in [3.05, 3.63) is 42.2 Å². The molecule has 1 aliphatic rings. The van der Waals surface area contributed by atoms with Crippen molar-refractivity contribution in [1.29, 1.82) is 0 Å². The minimum Gasteiger partial charge on any atom is -0.462 e. The van der Waals surface area contributed by atoms with Gasteiger partial charge in [-0.05, 0) is 25.1 Å². The van der Waals surface area contributed by atoms with Crippen LogP contribution in [0.5, 0.6) is 11.5 Å². The minimum absolute atomic E-state index is 0.0597. The molecule has 0 aliphatic carbocycles. The van der Waals surface area contributed by atoms with Gasteiger partial charge in [-0.25, -0.2) is 20.0 Å². The lowest BCUT2D eigenvalue weighted by atomic mass is 10.1. The van der Waals surface area contributed by atoms with Gasteiger partial charge in [0.2, 0.25) is 6.79 Å². The van der Waals surface area contributed by atoms with Gasteiger partial charge in [-0.1, -0.05) is 0 Å². The first kappa shape index (κ1) is 16.6. The summed E-state index contributed by atoms with van der Waals surface area (Å²) in [6.45, 7) is 2.01. The van der Waals surface area contributed by atoms with Crippen LogP contribution in [-0.2, 0) is 4.74 Å². The molecule has 2 amide bonds. The molecule has 2 N–H and O–H groups in total. The highest BCUT2D eigenvalue weighted by Gasteiger charge is 2.21. The van der Waals surface area contributed by atoms with E-state index >= 15 is 0 Å². The third-order valence-electron chi connectivity index (χ3n) is 3.76. The maximum absolute atomic E-state index is 12.3. The highest BCUT2D eigenvalue weighted by Crippen LogP contribution is 2.36. The number of benzene rings is 1. The van der Waals surface area contributed by atoms with Gasteiger partial charge < -0.3 is 14.2 Å². The number of ether oxygens (including phenoxy) is 3. The molecule has 0 spiro atoms. The summed E-state index contributed by atoms with van der Waals surface area (Å²) in [7, 11) is 0. The Morgan fingerprint density at radius 3 is 2.81 bits per heavy atom. The summed E-state index contributed by atoms with van der Waals surface area (Å²) in [6, 6.07) is 6.04. The zero-order chi connectivity index (χ0) is 18.8. The molecule has 10 nitrogen and oxygen atoms in total. The number of anilines is 1. The maximum Gasteiger partial charge on any atom is 0.341 e. The van der Waals surface area contributed by atoms with Crippen LogP contribution in [-0.4, -0.2) is 40.3 Å². The number of hydrogen-bond acceptors (Lipinski definition) is 7. The molecule has 138 valence electrons. The molecule has 3 heterocycles. The van der Waals surface area contributed by atoms with Gasteiger partial charge in [0, 0.05) is 17.6 Å². The first-order valence-corrected chi connectivity index (χ1v) is 8.13. The molecule has 0 unspecified atom stereocenters. The zero-order valence-corrected chi connectivity index (χ0v) is 14.3. The van der Waals surface area contributed by atoms with Crippen LogP contribution in [0.25, 0.3) is 10.9 Å². The molecule has 4 rings (SSSR count). The van der Waals surface area contributed by atoms with E-state index in [1.165, 1.54) is 11.0 Å². The average Bonchev–Trinajstić information content (AvgIpc) is 3.30. The predicted molar refractivity (Wildman–Crippen MR) is 94.4 cm³/mol. The Hall–Kier alpha value is -3.82. The number of fused-ring (bicyclic) bond motifs is 2. The van der Waals surface area contributed by atoms with Crippen LogP contribution in [0.15, 0.2) is 36.7 Å². The Morgan fingerprint density at radius 1 is 1.26 bits per heavy atom. The summed E-state index contributed by atoms with van der Waals surface area (Å²) in [5.74, 6) is 0.575. The van der Waals surface area contributed by atoms with Crippen LogP contribution in [0.1, 0.15) is 17.3 Å². The Balaban J connectivity index is 1.71. The quantitative estimate of drug-likeness (QED) is 0.677. The van der Waals surface area contributed by atoms with E-state index in [2.05, 4.69) is 20.8 Å². The molecule has 27 heavy (non-hydrogen) atoms. The van der Waals surface area contributed by atoms with E-state index in [4.69, 9.17) is 14.2 Å². The van der Waals surface area contributed by atoms with Crippen LogP contribution < -0.4 is 20.2 Å². The van der Waals surface area contributed by atoms with Crippen molar-refractivity contribution in [2.45, 2.75) is 6.92 Å². The fourth-order valence-corrected chi connectivity index (χ4v) is 2.60. The molecule has 10 heteroatoms. The van der Waals surface area contributed by atoms with Gasteiger partial charge in [0.05, 0.1) is 18.3 Å². The standard InChI is InChI=1S/C17H15N5O5/c1-2-25-16(23)11-6-10-7-13-14(27-9-26-13)8-12(10)19-15(11)20-17(24)21-22-5-3-4-18-22/h3-8H,2,9H2,1H3,(H2,19,20,21,24). The average molecular weight is 369 g/mol. The lowest BCUT2D eigenvalue weighted by molar-refractivity contribution is 0.0527. The molecule has 0 saturated heterocycles. The number of urea groups is 1. The molecule has 0 bridgehead atoms. The minimum atomic E-state index is -0.614. The van der Waals surface area contributed by atoms with Crippen molar-refractivity contribution >= 4 is 28.7 Å². The number of amides is 2. The van der Waals surface area contributed by atoms with E-state index in [1.54, 1.807) is 37.4 Å². The zero-order valence-electron chi connectivity index (χ0n) is 14.3. The molecular formula is C17H15N5O5. The predicted octanol–water partition coefficient (Wildman–Crippen LogP) is 2.11. The van der Waals surface area contributed by atoms with Crippen molar-refractivity contribution < 1.29 is 23.8 Å². The lowest BCUT2D eigenvalue weighted by Crippen LogP contribution is -2.29. The van der Waals surface area contributed by atoms with E-state index in [-0.39, 0.29) is 24.8 Å². The van der Waals surface area contributed by atoms with Crippen molar-refractivity contribution in [2.24, 2.45) is 0 Å². The highest BCUT2D eigenvalue weighted by molar-refractivity contribution is 6.04. The van der Waals surface area contributed by atoms with Crippen LogP contribution in [0, 0.1) is 0 Å². The number of carbonyl (C=O) groups is 2. The van der Waals surface area contributed by atoms with E-state index in [0.29, 0.717) is 22.4 Å². The topological polar surface area (TPSA) is 117 Å². The van der Waals surface area contributed by atoms with Crippen LogP contribution in [0.4, 0.5) is 10.6 Å². The molecule has 0 saturated carbocycles. The Kier molecular flexibility index (Phi) is 4.21. The monoisotopic (exact) mass is 369 g/mol. The number of aromatic nitrogens is 3. The van der Waals surface area contributed by atoms with E-state index in [9.17, 15) is 9.59 Å². The van der Waals surface area contributed by atoms with E-state index in [0.717, 1.165) is 0 Å². The molecule has 3 aromatic rings. The number of hydrogen-bond donors (Lipinski definition) is 2. The van der Waals surface area contributed by atoms with Gasteiger partial charge in [-0.2, -0.15) is 9.89 Å². The summed E-state index contributed by atoms with van der Waals surface area (Å²) in [4.78, 5) is 30.2. The van der Waals surface area contributed by atoms with Crippen molar-refractivity contribution in [2.75, 3.05) is 24.1 Å². The van der Waals surface area contributed by atoms with Gasteiger partial charge in [0.1, 0.15) is 11.4 Å². The molecule has 0 fully saturated rings. The molecule has 1 aromatic carbocycles. The van der Waals surface area contributed by atoms with Gasteiger partial charge in [0.15, 0.2) is 11.5 Å². The second-order valence-electron chi connectivity index (χ2n) is 5.52. The Bertz CT molecular complexity index is 1020. The summed E-state index contributed by atoms with van der Waals surface area (Å²) in [5.41, 5.74) is 3.13. The van der Waals surface area contributed by atoms with Crippen molar-refractivity contribution in [1.82, 2.24) is 14.9 Å². The van der Waals surface area contributed by atoms with Gasteiger partial charge in [0.25, 0.3) is 0 Å². The number of nitrogens with one attached hydrogen (secondary N) is 2. The number of nitrogens with zero attached hydrogens (tertiary/aromatic N) is 3. The van der Waals surface area contributed by atoms with Crippen LogP contribution >= 0.6 is 0 Å². The third kappa shape index (κ3) is 3.32. The van der Waals surface area contributed by atoms with E-state index < -0.39 is 12.0 Å². The first-order chi connectivity index (χ1) is 13.1. The lowest BCUT2D eigenvalue weighted by Gasteiger charge is -2.12. The van der Waals surface area contributed by atoms with Gasteiger partial charge in [-0.15, -0.1) is 0 Å². The summed E-state index contributed by atoms with van der Waals surface area (Å²) in [6.07, 6.45) is 3.07. The van der Waals surface area contributed by atoms with E-state index in [1.807, 2.05) is 0 Å². The molecule has 2 aromatic heterocycles. The SMILES string of the molecule is CCOC(=O)c1cc2cc3c(cc2nc1NC(=O)Nn1cccn1)OCO3. The molecule has 0 atom stereocenters. The number of carbonyl (C=O) groups excluding carboxylic acids is 2. The molecular weight excluding hydrogens is 354 g/mol. The van der Waals surface area contributed by atoms with Gasteiger partial charge >= 0.3 is 12.0 Å². The summed E-state index contributed by atoms with van der Waals surface area (Å²) in [5, 5.41) is 7.08. The fourth-order valence-electron chi connectivity index (χ4n) is 2.60. The highest BCUT2D eigenvalue weighted by atomic mass is 16.7. The smallest absolute Gasteiger partial charge is 0.341 e. The molecule has 1 aliphatic heterocycles. The second-order valence-corrected chi connectivity index (χ2v) is 5.52. The van der Waals surface area contributed by atoms with Crippen LogP contribution in [0.3, 0.4) is 0 Å². The second kappa shape index (κ2) is 6.83. The van der Waals surface area contributed by atoms with Crippen LogP contribution in [0.2, 0.25) is 0 Å². The largest absolute Gasteiger partial charge is 0.462 e. The third-order valence-corrected chi connectivity index (χ3v) is 3.76. The summed E-state index contributed by atoms with van der Waals surface area (Å²) >= 11 is 0. The first-order valence-electron chi connectivity index (χ1n) is 8.13. The Morgan fingerprint density at radius 2 is 2.07 bits per heavy atom. The number of rotatable bonds is 4. The fraction of sp³-hybridized carbons (Fsp3) is 0.176. The number of esters is 1.